The van der Waals surface area contributed by atoms with E-state index in [0.717, 1.165) is 19.4 Å². The smallest absolute Gasteiger partial charge is 0.323 e. The largest absolute Gasteiger partial charge is 0.461 e. The van der Waals surface area contributed by atoms with E-state index in [1.807, 2.05) is 13.8 Å². The number of likely N-dealkylation sites (tertiary alicyclic amines) is 1. The Balaban J connectivity index is 1.64. The van der Waals surface area contributed by atoms with Crippen molar-refractivity contribution in [1.82, 2.24) is 19.9 Å². The summed E-state index contributed by atoms with van der Waals surface area (Å²) in [6.45, 7) is 7.20. The quantitative estimate of drug-likeness (QED) is 0.733. The highest BCUT2D eigenvalue weighted by atomic mass is 16.6. The molecule has 3 atom stereocenters. The van der Waals surface area contributed by atoms with Gasteiger partial charge in [-0.1, -0.05) is 12.1 Å². The van der Waals surface area contributed by atoms with Gasteiger partial charge in [-0.3, -0.25) is 14.5 Å². The SMILES string of the molecule is CCc1nc(CN(C(C)=O)[C@@H]2CCN([C@@H]3C[C@@H](C)OC3=O)C2)no1. The van der Waals surface area contributed by atoms with Crippen molar-refractivity contribution in [3.8, 4) is 0 Å². The van der Waals surface area contributed by atoms with Crippen LogP contribution in [-0.2, 0) is 27.3 Å². The molecule has 0 radical (unpaired) electrons. The molecule has 1 aromatic heterocycles. The molecule has 24 heavy (non-hydrogen) atoms. The first-order valence-electron chi connectivity index (χ1n) is 8.51. The van der Waals surface area contributed by atoms with E-state index in [1.54, 1.807) is 11.8 Å². The van der Waals surface area contributed by atoms with Gasteiger partial charge in [0.1, 0.15) is 12.1 Å². The summed E-state index contributed by atoms with van der Waals surface area (Å²) in [5.74, 6) is 0.925. The van der Waals surface area contributed by atoms with Gasteiger partial charge in [0.2, 0.25) is 11.8 Å². The van der Waals surface area contributed by atoms with Crippen LogP contribution in [0.2, 0.25) is 0 Å². The van der Waals surface area contributed by atoms with Crippen LogP contribution in [0.3, 0.4) is 0 Å². The maximum atomic E-state index is 12.1. The highest BCUT2D eigenvalue weighted by Gasteiger charge is 2.41. The summed E-state index contributed by atoms with van der Waals surface area (Å²) in [5.41, 5.74) is 0. The molecule has 1 aromatic rings. The van der Waals surface area contributed by atoms with Crippen molar-refractivity contribution in [2.24, 2.45) is 0 Å². The van der Waals surface area contributed by atoms with Crippen molar-refractivity contribution in [3.63, 3.8) is 0 Å². The number of carbonyl (C=O) groups excluding carboxylic acids is 2. The van der Waals surface area contributed by atoms with Gasteiger partial charge in [0, 0.05) is 38.9 Å². The Morgan fingerprint density at radius 3 is 2.83 bits per heavy atom. The van der Waals surface area contributed by atoms with Crippen molar-refractivity contribution in [2.75, 3.05) is 13.1 Å². The molecule has 0 aromatic carbocycles. The average molecular weight is 336 g/mol. The molecule has 2 saturated heterocycles. The minimum absolute atomic E-state index is 0.0212. The van der Waals surface area contributed by atoms with Gasteiger partial charge in [-0.15, -0.1) is 0 Å². The van der Waals surface area contributed by atoms with E-state index >= 15 is 0 Å². The number of hydrogen-bond donors (Lipinski definition) is 0. The number of nitrogens with zero attached hydrogens (tertiary/aromatic N) is 4. The van der Waals surface area contributed by atoms with E-state index in [0.29, 0.717) is 31.2 Å². The Morgan fingerprint density at radius 2 is 2.25 bits per heavy atom. The third kappa shape index (κ3) is 3.43. The zero-order valence-electron chi connectivity index (χ0n) is 14.4. The van der Waals surface area contributed by atoms with Crippen LogP contribution in [-0.4, -0.2) is 63.1 Å². The molecule has 0 N–H and O–H groups in total. The van der Waals surface area contributed by atoms with Gasteiger partial charge in [-0.25, -0.2) is 0 Å². The molecular weight excluding hydrogens is 312 g/mol. The molecule has 8 heteroatoms. The predicted octanol–water partition coefficient (Wildman–Crippen LogP) is 0.759. The summed E-state index contributed by atoms with van der Waals surface area (Å²) < 4.78 is 10.4. The molecule has 2 fully saturated rings. The van der Waals surface area contributed by atoms with Gasteiger partial charge in [0.25, 0.3) is 0 Å². The first kappa shape index (κ1) is 16.9. The van der Waals surface area contributed by atoms with Gasteiger partial charge >= 0.3 is 5.97 Å². The maximum absolute atomic E-state index is 12.1. The molecule has 0 spiro atoms. The Bertz CT molecular complexity index is 617. The molecule has 0 saturated carbocycles. The molecule has 132 valence electrons. The van der Waals surface area contributed by atoms with Crippen molar-refractivity contribution in [1.29, 1.82) is 0 Å². The number of cyclic esters (lactones) is 1. The first-order valence-corrected chi connectivity index (χ1v) is 8.51. The Hall–Kier alpha value is -1.96. The van der Waals surface area contributed by atoms with E-state index in [4.69, 9.17) is 9.26 Å². The lowest BCUT2D eigenvalue weighted by atomic mass is 10.1. The monoisotopic (exact) mass is 336 g/mol. The molecule has 3 rings (SSSR count). The number of amides is 1. The molecule has 0 aliphatic carbocycles. The topological polar surface area (TPSA) is 88.8 Å². The Morgan fingerprint density at radius 1 is 1.46 bits per heavy atom. The van der Waals surface area contributed by atoms with E-state index in [2.05, 4.69) is 15.0 Å². The lowest BCUT2D eigenvalue weighted by Crippen LogP contribution is -2.43. The van der Waals surface area contributed by atoms with Crippen LogP contribution in [0.1, 0.15) is 45.3 Å². The second-order valence-electron chi connectivity index (χ2n) is 6.54. The minimum Gasteiger partial charge on any atom is -0.461 e. The number of esters is 1. The summed E-state index contributed by atoms with van der Waals surface area (Å²) in [5, 5.41) is 3.93. The molecule has 2 aliphatic heterocycles. The number of aromatic nitrogens is 2. The highest BCUT2D eigenvalue weighted by molar-refractivity contribution is 5.78. The zero-order chi connectivity index (χ0) is 17.3. The summed E-state index contributed by atoms with van der Waals surface area (Å²) in [6, 6.07) is -0.134. The predicted molar refractivity (Wildman–Crippen MR) is 83.8 cm³/mol. The van der Waals surface area contributed by atoms with Crippen LogP contribution < -0.4 is 0 Å². The number of aryl methyl sites for hydroxylation is 1. The molecule has 0 unspecified atom stereocenters. The third-order valence-corrected chi connectivity index (χ3v) is 4.75. The summed E-state index contributed by atoms with van der Waals surface area (Å²) in [6.07, 6.45) is 2.19. The highest BCUT2D eigenvalue weighted by Crippen LogP contribution is 2.26. The molecule has 0 bridgehead atoms. The van der Waals surface area contributed by atoms with Gasteiger partial charge in [-0.05, 0) is 13.3 Å². The number of hydrogen-bond acceptors (Lipinski definition) is 7. The van der Waals surface area contributed by atoms with Crippen LogP contribution in [0, 0.1) is 0 Å². The summed E-state index contributed by atoms with van der Waals surface area (Å²) >= 11 is 0. The first-order chi connectivity index (χ1) is 11.5. The Kier molecular flexibility index (Phi) is 4.84. The number of ether oxygens (including phenoxy) is 1. The summed E-state index contributed by atoms with van der Waals surface area (Å²) in [7, 11) is 0. The normalized spacial score (nSPS) is 27.5. The fourth-order valence-electron chi connectivity index (χ4n) is 3.49. The van der Waals surface area contributed by atoms with E-state index in [-0.39, 0.29) is 30.1 Å². The lowest BCUT2D eigenvalue weighted by molar-refractivity contribution is -0.144. The van der Waals surface area contributed by atoms with Crippen molar-refractivity contribution in [2.45, 2.75) is 64.8 Å². The third-order valence-electron chi connectivity index (χ3n) is 4.75. The second kappa shape index (κ2) is 6.88. The standard InChI is InChI=1S/C16H24N4O4/c1-4-15-17-14(18-24-15)9-20(11(3)21)12-5-6-19(8-12)13-7-10(2)23-16(13)22/h10,12-13H,4-9H2,1-3H3/t10-,12-,13-/m1/s1. The average Bonchev–Trinajstić information content (AvgIpc) is 3.24. The second-order valence-corrected chi connectivity index (χ2v) is 6.54. The van der Waals surface area contributed by atoms with E-state index in [1.165, 1.54) is 0 Å². The minimum atomic E-state index is -0.185. The van der Waals surface area contributed by atoms with Gasteiger partial charge < -0.3 is 14.2 Å². The maximum Gasteiger partial charge on any atom is 0.323 e. The fraction of sp³-hybridized carbons (Fsp3) is 0.750. The van der Waals surface area contributed by atoms with Crippen LogP contribution in [0.15, 0.2) is 4.52 Å². The number of carbonyl (C=O) groups is 2. The van der Waals surface area contributed by atoms with Crippen LogP contribution in [0.25, 0.3) is 0 Å². The number of rotatable bonds is 5. The van der Waals surface area contributed by atoms with Crippen molar-refractivity contribution in [3.05, 3.63) is 11.7 Å². The van der Waals surface area contributed by atoms with E-state index < -0.39 is 0 Å². The lowest BCUT2D eigenvalue weighted by Gasteiger charge is -2.27. The molecule has 8 nitrogen and oxygen atoms in total. The van der Waals surface area contributed by atoms with E-state index in [9.17, 15) is 9.59 Å². The van der Waals surface area contributed by atoms with Crippen LogP contribution in [0.4, 0.5) is 0 Å². The van der Waals surface area contributed by atoms with Gasteiger partial charge in [0.05, 0.1) is 6.54 Å². The molecule has 1 amide bonds. The van der Waals surface area contributed by atoms with Gasteiger partial charge in [0.15, 0.2) is 5.82 Å². The molecular formula is C16H24N4O4. The van der Waals surface area contributed by atoms with Crippen LogP contribution in [0.5, 0.6) is 0 Å². The fourth-order valence-corrected chi connectivity index (χ4v) is 3.49. The van der Waals surface area contributed by atoms with Crippen molar-refractivity contribution < 1.29 is 18.8 Å². The zero-order valence-corrected chi connectivity index (χ0v) is 14.4. The Labute approximate surface area is 141 Å². The molecule has 3 heterocycles. The van der Waals surface area contributed by atoms with Crippen molar-refractivity contribution >= 4 is 11.9 Å². The van der Waals surface area contributed by atoms with Gasteiger partial charge in [-0.2, -0.15) is 4.98 Å². The molecule has 2 aliphatic rings. The summed E-state index contributed by atoms with van der Waals surface area (Å²) in [4.78, 5) is 32.2. The van der Waals surface area contributed by atoms with Crippen LogP contribution >= 0.6 is 0 Å².